The maximum absolute atomic E-state index is 12.8. The first-order valence-electron chi connectivity index (χ1n) is 10.7. The summed E-state index contributed by atoms with van der Waals surface area (Å²) in [5.41, 5.74) is 2.55. The van der Waals surface area contributed by atoms with Gasteiger partial charge in [-0.15, -0.1) is 0 Å². The Bertz CT molecular complexity index is 716. The molecule has 7 heteroatoms. The Hall–Kier alpha value is -2.41. The molecule has 3 rings (SSSR count). The summed E-state index contributed by atoms with van der Waals surface area (Å²) in [6, 6.07) is 9.56. The molecule has 7 nitrogen and oxygen atoms in total. The summed E-state index contributed by atoms with van der Waals surface area (Å²) >= 11 is 0. The van der Waals surface area contributed by atoms with Crippen LogP contribution in [0.2, 0.25) is 0 Å². The molecule has 29 heavy (non-hydrogen) atoms. The summed E-state index contributed by atoms with van der Waals surface area (Å²) in [5, 5.41) is 6.83. The van der Waals surface area contributed by atoms with E-state index in [1.807, 2.05) is 30.3 Å². The summed E-state index contributed by atoms with van der Waals surface area (Å²) in [4.78, 5) is 37.4. The first-order chi connectivity index (χ1) is 14.0. The average molecular weight is 401 g/mol. The van der Waals surface area contributed by atoms with Crippen LogP contribution < -0.4 is 16.1 Å². The zero-order valence-corrected chi connectivity index (χ0v) is 17.2. The van der Waals surface area contributed by atoms with Gasteiger partial charge < -0.3 is 10.6 Å². The predicted octanol–water partition coefficient (Wildman–Crippen LogP) is 2.66. The third kappa shape index (κ3) is 5.79. The van der Waals surface area contributed by atoms with Crippen LogP contribution in [0.15, 0.2) is 30.3 Å². The van der Waals surface area contributed by atoms with Gasteiger partial charge in [0.1, 0.15) is 5.54 Å². The largest absolute Gasteiger partial charge is 0.344 e. The fraction of sp³-hybridized carbons (Fsp3) is 0.591. The number of benzene rings is 1. The number of hydrogen-bond donors (Lipinski definition) is 3. The lowest BCUT2D eigenvalue weighted by Gasteiger charge is -2.23. The molecule has 0 bridgehead atoms. The van der Waals surface area contributed by atoms with E-state index in [0.717, 1.165) is 23.4 Å². The molecule has 2 fully saturated rings. The molecule has 1 atom stereocenters. The highest BCUT2D eigenvalue weighted by Gasteiger charge is 2.48. The van der Waals surface area contributed by atoms with Crippen molar-refractivity contribution in [3.05, 3.63) is 35.9 Å². The SMILES string of the molecule is C[C@@]1(CCc2ccccc2)NC(=O)N(NC(=O)CNC2CCCCCCC2)C1=O. The maximum atomic E-state index is 12.8. The van der Waals surface area contributed by atoms with Crippen molar-refractivity contribution >= 4 is 17.8 Å². The van der Waals surface area contributed by atoms with Crippen LogP contribution in [0.1, 0.15) is 63.9 Å². The average Bonchev–Trinajstić information content (AvgIpc) is 2.90. The third-order valence-corrected chi connectivity index (χ3v) is 5.91. The smallest absolute Gasteiger partial charge is 0.322 e. The van der Waals surface area contributed by atoms with Crippen LogP contribution in [0.4, 0.5) is 4.79 Å². The number of imide groups is 1. The lowest BCUT2D eigenvalue weighted by Crippen LogP contribution is -2.51. The van der Waals surface area contributed by atoms with Gasteiger partial charge in [0, 0.05) is 6.04 Å². The topological polar surface area (TPSA) is 90.5 Å². The number of carbonyl (C=O) groups excluding carboxylic acids is 3. The van der Waals surface area contributed by atoms with Crippen molar-refractivity contribution in [3.8, 4) is 0 Å². The van der Waals surface area contributed by atoms with Crippen molar-refractivity contribution in [2.45, 2.75) is 76.3 Å². The summed E-state index contributed by atoms with van der Waals surface area (Å²) < 4.78 is 0. The molecule has 1 aromatic carbocycles. The zero-order valence-electron chi connectivity index (χ0n) is 17.2. The number of amides is 4. The number of nitrogens with one attached hydrogen (secondary N) is 3. The van der Waals surface area contributed by atoms with E-state index in [9.17, 15) is 14.4 Å². The van der Waals surface area contributed by atoms with Gasteiger partial charge in [0.2, 0.25) is 0 Å². The van der Waals surface area contributed by atoms with Gasteiger partial charge >= 0.3 is 6.03 Å². The van der Waals surface area contributed by atoms with Crippen LogP contribution in [-0.4, -0.2) is 41.0 Å². The van der Waals surface area contributed by atoms with Crippen molar-refractivity contribution in [3.63, 3.8) is 0 Å². The Balaban J connectivity index is 1.49. The van der Waals surface area contributed by atoms with Gasteiger partial charge in [-0.1, -0.05) is 62.4 Å². The summed E-state index contributed by atoms with van der Waals surface area (Å²) in [7, 11) is 0. The number of urea groups is 1. The predicted molar refractivity (Wildman–Crippen MR) is 111 cm³/mol. The first kappa shape index (κ1) is 21.3. The number of carbonyl (C=O) groups is 3. The second-order valence-corrected chi connectivity index (χ2v) is 8.35. The standard InChI is InChI=1S/C22H32N4O3/c1-22(15-14-17-10-6-5-7-11-17)20(28)26(21(29)24-22)25-19(27)16-23-18-12-8-3-2-4-9-13-18/h5-7,10-11,18,23H,2-4,8-9,12-16H2,1H3,(H,24,29)(H,25,27)/t22-/m0/s1. The van der Waals surface area contributed by atoms with E-state index in [2.05, 4.69) is 16.1 Å². The van der Waals surface area contributed by atoms with Crippen LogP contribution in [-0.2, 0) is 16.0 Å². The molecule has 1 aliphatic carbocycles. The minimum Gasteiger partial charge on any atom is -0.322 e. The number of aryl methyl sites for hydroxylation is 1. The Morgan fingerprint density at radius 1 is 1.10 bits per heavy atom. The van der Waals surface area contributed by atoms with E-state index in [-0.39, 0.29) is 12.5 Å². The number of rotatable bonds is 7. The van der Waals surface area contributed by atoms with Crippen molar-refractivity contribution < 1.29 is 14.4 Å². The Labute approximate surface area is 172 Å². The van der Waals surface area contributed by atoms with Crippen molar-refractivity contribution in [2.24, 2.45) is 0 Å². The Kier molecular flexibility index (Phi) is 7.25. The van der Waals surface area contributed by atoms with Crippen molar-refractivity contribution in [1.82, 2.24) is 21.1 Å². The van der Waals surface area contributed by atoms with E-state index in [0.29, 0.717) is 18.9 Å². The molecule has 1 aromatic rings. The molecule has 0 aromatic heterocycles. The molecule has 4 amide bonds. The summed E-state index contributed by atoms with van der Waals surface area (Å²) in [5.74, 6) is -0.791. The number of nitrogens with zero attached hydrogens (tertiary/aromatic N) is 1. The normalized spacial score (nSPS) is 23.4. The van der Waals surface area contributed by atoms with Gasteiger partial charge in [0.15, 0.2) is 0 Å². The first-order valence-corrected chi connectivity index (χ1v) is 10.7. The fourth-order valence-corrected chi connectivity index (χ4v) is 4.06. The highest BCUT2D eigenvalue weighted by atomic mass is 16.2. The molecular formula is C22H32N4O3. The molecule has 2 aliphatic rings. The maximum Gasteiger partial charge on any atom is 0.344 e. The van der Waals surface area contributed by atoms with Gasteiger partial charge in [-0.25, -0.2) is 4.79 Å². The molecule has 0 unspecified atom stereocenters. The van der Waals surface area contributed by atoms with Crippen LogP contribution in [0.3, 0.4) is 0 Å². The second-order valence-electron chi connectivity index (χ2n) is 8.35. The quantitative estimate of drug-likeness (QED) is 0.614. The van der Waals surface area contributed by atoms with Crippen LogP contribution >= 0.6 is 0 Å². The van der Waals surface area contributed by atoms with E-state index in [1.54, 1.807) is 6.92 Å². The van der Waals surface area contributed by atoms with Crippen molar-refractivity contribution in [1.29, 1.82) is 0 Å². The van der Waals surface area contributed by atoms with Crippen LogP contribution in [0.25, 0.3) is 0 Å². The zero-order chi connectivity index (χ0) is 20.7. The van der Waals surface area contributed by atoms with E-state index >= 15 is 0 Å². The molecule has 0 spiro atoms. The van der Waals surface area contributed by atoms with Gasteiger partial charge in [-0.3, -0.25) is 15.0 Å². The van der Waals surface area contributed by atoms with Gasteiger partial charge in [0.05, 0.1) is 6.54 Å². The molecule has 0 radical (unpaired) electrons. The van der Waals surface area contributed by atoms with Crippen LogP contribution in [0.5, 0.6) is 0 Å². The summed E-state index contributed by atoms with van der Waals surface area (Å²) in [6.07, 6.45) is 9.38. The van der Waals surface area contributed by atoms with Gasteiger partial charge in [-0.2, -0.15) is 5.01 Å². The summed E-state index contributed by atoms with van der Waals surface area (Å²) in [6.45, 7) is 1.80. The molecule has 158 valence electrons. The molecule has 1 saturated carbocycles. The molecule has 1 saturated heterocycles. The lowest BCUT2D eigenvalue weighted by atomic mass is 9.93. The second kappa shape index (κ2) is 9.87. The third-order valence-electron chi connectivity index (χ3n) is 5.91. The Morgan fingerprint density at radius 3 is 2.45 bits per heavy atom. The van der Waals surface area contributed by atoms with Crippen LogP contribution in [0, 0.1) is 0 Å². The highest BCUT2D eigenvalue weighted by Crippen LogP contribution is 2.22. The minimum absolute atomic E-state index is 0.0997. The fourth-order valence-electron chi connectivity index (χ4n) is 4.06. The van der Waals surface area contributed by atoms with E-state index in [4.69, 9.17) is 0 Å². The van der Waals surface area contributed by atoms with Crippen molar-refractivity contribution in [2.75, 3.05) is 6.54 Å². The van der Waals surface area contributed by atoms with Gasteiger partial charge in [-0.05, 0) is 38.2 Å². The lowest BCUT2D eigenvalue weighted by molar-refractivity contribution is -0.138. The number of hydrogen-bond acceptors (Lipinski definition) is 4. The molecule has 1 heterocycles. The minimum atomic E-state index is -1.02. The van der Waals surface area contributed by atoms with E-state index < -0.39 is 17.5 Å². The molecule has 3 N–H and O–H groups in total. The Morgan fingerprint density at radius 2 is 1.76 bits per heavy atom. The van der Waals surface area contributed by atoms with Gasteiger partial charge in [0.25, 0.3) is 11.8 Å². The number of hydrazine groups is 1. The molecular weight excluding hydrogens is 368 g/mol. The van der Waals surface area contributed by atoms with E-state index in [1.165, 1.54) is 32.1 Å². The monoisotopic (exact) mass is 400 g/mol. The highest BCUT2D eigenvalue weighted by molar-refractivity contribution is 6.07. The molecule has 1 aliphatic heterocycles.